The van der Waals surface area contributed by atoms with E-state index in [9.17, 15) is 4.79 Å². The van der Waals surface area contributed by atoms with Crippen molar-refractivity contribution in [2.75, 3.05) is 13.1 Å². The van der Waals surface area contributed by atoms with Crippen LogP contribution in [-0.2, 0) is 4.79 Å². The Kier molecular flexibility index (Phi) is 6.06. The highest BCUT2D eigenvalue weighted by Crippen LogP contribution is 2.30. The molecule has 1 aliphatic heterocycles. The van der Waals surface area contributed by atoms with Crippen LogP contribution in [0.25, 0.3) is 0 Å². The van der Waals surface area contributed by atoms with Gasteiger partial charge in [0.05, 0.1) is 0 Å². The number of carbonyl (C=O) groups is 1. The molecule has 4 nitrogen and oxygen atoms in total. The van der Waals surface area contributed by atoms with E-state index in [1.54, 1.807) is 0 Å². The van der Waals surface area contributed by atoms with Gasteiger partial charge in [-0.1, -0.05) is 28.9 Å². The molecule has 0 aliphatic carbocycles. The normalized spacial score (nSPS) is 20.5. The largest absolute Gasteiger partial charge is 0.480 e. The van der Waals surface area contributed by atoms with Crippen LogP contribution in [0.5, 0.6) is 5.75 Å². The van der Waals surface area contributed by atoms with Crippen LogP contribution in [0.1, 0.15) is 44.7 Å². The Bertz CT molecular complexity index is 493. The molecule has 0 radical (unpaired) electrons. The van der Waals surface area contributed by atoms with Crippen molar-refractivity contribution in [1.29, 1.82) is 0 Å². The van der Waals surface area contributed by atoms with Crippen molar-refractivity contribution in [2.24, 2.45) is 0 Å². The van der Waals surface area contributed by atoms with E-state index in [4.69, 9.17) is 4.74 Å². The second-order valence-corrected chi connectivity index (χ2v) is 6.27. The van der Waals surface area contributed by atoms with E-state index in [1.807, 2.05) is 18.2 Å². The van der Waals surface area contributed by atoms with Gasteiger partial charge in [0.25, 0.3) is 5.91 Å². The number of hydrogen-bond donors (Lipinski definition) is 2. The van der Waals surface area contributed by atoms with Crippen LogP contribution in [0.15, 0.2) is 22.7 Å². The summed E-state index contributed by atoms with van der Waals surface area (Å²) in [5.41, 5.74) is 1.08. The third kappa shape index (κ3) is 4.45. The summed E-state index contributed by atoms with van der Waals surface area (Å²) in [7, 11) is 0. The van der Waals surface area contributed by atoms with Crippen LogP contribution >= 0.6 is 15.9 Å². The minimum absolute atomic E-state index is 0.00507. The molecule has 1 aliphatic rings. The summed E-state index contributed by atoms with van der Waals surface area (Å²) < 4.78 is 7.00. The summed E-state index contributed by atoms with van der Waals surface area (Å²) in [6.07, 6.45) is 2.41. The minimum atomic E-state index is -0.394. The van der Waals surface area contributed by atoms with Gasteiger partial charge in [0.2, 0.25) is 0 Å². The second kappa shape index (κ2) is 7.80. The minimum Gasteiger partial charge on any atom is -0.480 e. The molecule has 21 heavy (non-hydrogen) atoms. The zero-order chi connectivity index (χ0) is 15.2. The van der Waals surface area contributed by atoms with Crippen LogP contribution in [0.2, 0.25) is 0 Å². The quantitative estimate of drug-likeness (QED) is 0.853. The lowest BCUT2D eigenvalue weighted by molar-refractivity contribution is -0.127. The zero-order valence-electron chi connectivity index (χ0n) is 12.6. The molecule has 2 rings (SSSR count). The summed E-state index contributed by atoms with van der Waals surface area (Å²) in [5, 5.41) is 6.30. The summed E-state index contributed by atoms with van der Waals surface area (Å²) >= 11 is 3.48. The first-order valence-corrected chi connectivity index (χ1v) is 8.38. The lowest BCUT2D eigenvalue weighted by Gasteiger charge is -2.22. The Morgan fingerprint density at radius 1 is 1.48 bits per heavy atom. The Balaban J connectivity index is 2.20. The van der Waals surface area contributed by atoms with Crippen LogP contribution in [-0.4, -0.2) is 25.1 Å². The van der Waals surface area contributed by atoms with Gasteiger partial charge in [-0.3, -0.25) is 4.79 Å². The maximum Gasteiger partial charge on any atom is 0.261 e. The van der Waals surface area contributed by atoms with Gasteiger partial charge in [0, 0.05) is 22.6 Å². The molecule has 0 bridgehead atoms. The Morgan fingerprint density at radius 3 is 3.05 bits per heavy atom. The van der Waals surface area contributed by atoms with Crippen molar-refractivity contribution in [3.8, 4) is 5.75 Å². The maximum atomic E-state index is 12.0. The van der Waals surface area contributed by atoms with Gasteiger partial charge in [0.15, 0.2) is 6.10 Å². The third-order valence-electron chi connectivity index (χ3n) is 3.71. The van der Waals surface area contributed by atoms with Crippen LogP contribution in [0, 0.1) is 0 Å². The highest BCUT2D eigenvalue weighted by atomic mass is 79.9. The van der Waals surface area contributed by atoms with Gasteiger partial charge >= 0.3 is 0 Å². The van der Waals surface area contributed by atoms with Gasteiger partial charge in [-0.05, 0) is 44.9 Å². The highest BCUT2D eigenvalue weighted by molar-refractivity contribution is 9.10. The first kappa shape index (κ1) is 16.3. The SMILES string of the molecule is CCNC(C)c1ccc(Br)cc1OC1CCCCNC1=O. The summed E-state index contributed by atoms with van der Waals surface area (Å²) in [6, 6.07) is 6.18. The Hall–Kier alpha value is -1.07. The van der Waals surface area contributed by atoms with E-state index in [0.29, 0.717) is 0 Å². The number of nitrogens with one attached hydrogen (secondary N) is 2. The van der Waals surface area contributed by atoms with Crippen molar-refractivity contribution in [3.63, 3.8) is 0 Å². The lowest BCUT2D eigenvalue weighted by Crippen LogP contribution is -2.36. The summed E-state index contributed by atoms with van der Waals surface area (Å²) in [6.45, 7) is 5.82. The van der Waals surface area contributed by atoms with Crippen LogP contribution in [0.3, 0.4) is 0 Å². The molecule has 2 atom stereocenters. The van der Waals surface area contributed by atoms with Crippen molar-refractivity contribution < 1.29 is 9.53 Å². The standard InChI is InChI=1S/C16H23BrN2O2/c1-3-18-11(2)13-8-7-12(17)10-15(13)21-14-6-4-5-9-19-16(14)20/h7-8,10-11,14,18H,3-6,9H2,1-2H3,(H,19,20). The van der Waals surface area contributed by atoms with Gasteiger partial charge in [-0.15, -0.1) is 0 Å². The van der Waals surface area contributed by atoms with E-state index in [2.05, 4.69) is 40.4 Å². The Morgan fingerprint density at radius 2 is 2.29 bits per heavy atom. The second-order valence-electron chi connectivity index (χ2n) is 5.35. The molecular weight excluding hydrogens is 332 g/mol. The van der Waals surface area contributed by atoms with Crippen molar-refractivity contribution >= 4 is 21.8 Å². The third-order valence-corrected chi connectivity index (χ3v) is 4.20. The fourth-order valence-electron chi connectivity index (χ4n) is 2.56. The molecule has 5 heteroatoms. The smallest absolute Gasteiger partial charge is 0.261 e. The molecule has 1 fully saturated rings. The molecule has 1 aromatic carbocycles. The first-order chi connectivity index (χ1) is 10.1. The number of halogens is 1. The van der Waals surface area contributed by atoms with Gasteiger partial charge < -0.3 is 15.4 Å². The Labute approximate surface area is 134 Å². The molecule has 0 aromatic heterocycles. The molecule has 2 unspecified atom stereocenters. The molecule has 1 amide bonds. The molecule has 0 spiro atoms. The molecule has 1 saturated heterocycles. The molecule has 1 heterocycles. The van der Waals surface area contributed by atoms with E-state index in [0.717, 1.165) is 48.1 Å². The van der Waals surface area contributed by atoms with E-state index in [-0.39, 0.29) is 11.9 Å². The number of ether oxygens (including phenoxy) is 1. The molecule has 2 N–H and O–H groups in total. The molecule has 0 saturated carbocycles. The van der Waals surface area contributed by atoms with E-state index in [1.165, 1.54) is 0 Å². The van der Waals surface area contributed by atoms with Gasteiger partial charge in [-0.25, -0.2) is 0 Å². The van der Waals surface area contributed by atoms with E-state index < -0.39 is 6.10 Å². The van der Waals surface area contributed by atoms with Gasteiger partial charge in [0.1, 0.15) is 5.75 Å². The average Bonchev–Trinajstić information content (AvgIpc) is 2.64. The number of amides is 1. The van der Waals surface area contributed by atoms with E-state index >= 15 is 0 Å². The zero-order valence-corrected chi connectivity index (χ0v) is 14.2. The summed E-state index contributed by atoms with van der Waals surface area (Å²) in [4.78, 5) is 12.0. The summed E-state index contributed by atoms with van der Waals surface area (Å²) in [5.74, 6) is 0.773. The molecule has 116 valence electrons. The number of rotatable bonds is 5. The topological polar surface area (TPSA) is 50.4 Å². The number of carbonyl (C=O) groups excluding carboxylic acids is 1. The first-order valence-electron chi connectivity index (χ1n) is 7.59. The molecule has 1 aromatic rings. The van der Waals surface area contributed by atoms with Crippen LogP contribution < -0.4 is 15.4 Å². The highest BCUT2D eigenvalue weighted by Gasteiger charge is 2.24. The average molecular weight is 355 g/mol. The number of benzene rings is 1. The predicted molar refractivity (Wildman–Crippen MR) is 87.5 cm³/mol. The van der Waals surface area contributed by atoms with Crippen molar-refractivity contribution in [3.05, 3.63) is 28.2 Å². The lowest BCUT2D eigenvalue weighted by atomic mass is 10.1. The predicted octanol–water partition coefficient (Wildman–Crippen LogP) is 3.17. The number of hydrogen-bond acceptors (Lipinski definition) is 3. The maximum absolute atomic E-state index is 12.0. The fourth-order valence-corrected chi connectivity index (χ4v) is 2.90. The monoisotopic (exact) mass is 354 g/mol. The fraction of sp³-hybridized carbons (Fsp3) is 0.562. The van der Waals surface area contributed by atoms with Crippen LogP contribution in [0.4, 0.5) is 0 Å². The van der Waals surface area contributed by atoms with Crippen molar-refractivity contribution in [1.82, 2.24) is 10.6 Å². The molecular formula is C16H23BrN2O2. The van der Waals surface area contributed by atoms with Gasteiger partial charge in [-0.2, -0.15) is 0 Å². The van der Waals surface area contributed by atoms with Crippen molar-refractivity contribution in [2.45, 2.75) is 45.3 Å².